The highest BCUT2D eigenvalue weighted by atomic mass is 19.1. The maximum Gasteiger partial charge on any atom is 0.127 e. The molecule has 2 nitrogen and oxygen atoms in total. The third-order valence-electron chi connectivity index (χ3n) is 3.55. The van der Waals surface area contributed by atoms with Crippen LogP contribution in [0, 0.1) is 5.82 Å². The van der Waals surface area contributed by atoms with E-state index in [0.717, 1.165) is 28.9 Å². The van der Waals surface area contributed by atoms with Gasteiger partial charge in [-0.1, -0.05) is 31.2 Å². The van der Waals surface area contributed by atoms with Gasteiger partial charge in [-0.25, -0.2) is 4.39 Å². The number of ether oxygens (including phenoxy) is 1. The quantitative estimate of drug-likeness (QED) is 0.840. The zero-order valence-corrected chi connectivity index (χ0v) is 12.8. The summed E-state index contributed by atoms with van der Waals surface area (Å²) in [6.07, 6.45) is 0.942. The molecule has 1 unspecified atom stereocenters. The lowest BCUT2D eigenvalue weighted by atomic mass is 9.95. The highest BCUT2D eigenvalue weighted by Gasteiger charge is 2.15. The Labute approximate surface area is 126 Å². The van der Waals surface area contributed by atoms with Crippen molar-refractivity contribution >= 4 is 0 Å². The summed E-state index contributed by atoms with van der Waals surface area (Å²) in [6.45, 7) is 4.79. The van der Waals surface area contributed by atoms with Crippen LogP contribution in [-0.4, -0.2) is 13.7 Å². The van der Waals surface area contributed by atoms with Crippen molar-refractivity contribution in [3.63, 3.8) is 0 Å². The lowest BCUT2D eigenvalue weighted by molar-refractivity contribution is 0.318. The Morgan fingerprint density at radius 1 is 1.14 bits per heavy atom. The number of hydrogen-bond acceptors (Lipinski definition) is 2. The van der Waals surface area contributed by atoms with E-state index in [2.05, 4.69) is 19.2 Å². The number of hydrogen-bond donors (Lipinski definition) is 1. The van der Waals surface area contributed by atoms with Crippen LogP contribution in [-0.2, 0) is 0 Å². The van der Waals surface area contributed by atoms with E-state index in [-0.39, 0.29) is 11.9 Å². The Morgan fingerprint density at radius 2 is 1.90 bits per heavy atom. The lowest BCUT2D eigenvalue weighted by Crippen LogP contribution is -2.13. The fourth-order valence-electron chi connectivity index (χ4n) is 2.32. The van der Waals surface area contributed by atoms with Crippen molar-refractivity contribution in [2.75, 3.05) is 13.7 Å². The molecule has 0 saturated heterocycles. The van der Waals surface area contributed by atoms with E-state index in [1.807, 2.05) is 37.4 Å². The molecule has 0 aliphatic carbocycles. The number of para-hydroxylation sites is 1. The average Bonchev–Trinajstić information content (AvgIpc) is 2.52. The molecule has 0 aromatic heterocycles. The van der Waals surface area contributed by atoms with Crippen LogP contribution in [0.2, 0.25) is 0 Å². The molecule has 0 heterocycles. The first-order valence-electron chi connectivity index (χ1n) is 7.36. The molecule has 2 aromatic carbocycles. The van der Waals surface area contributed by atoms with Crippen molar-refractivity contribution in [2.24, 2.45) is 0 Å². The fourth-order valence-corrected chi connectivity index (χ4v) is 2.32. The Balaban J connectivity index is 2.52. The van der Waals surface area contributed by atoms with Crippen LogP contribution in [0.25, 0.3) is 11.1 Å². The van der Waals surface area contributed by atoms with E-state index < -0.39 is 0 Å². The maximum atomic E-state index is 13.7. The molecular weight excluding hydrogens is 265 g/mol. The van der Waals surface area contributed by atoms with Crippen molar-refractivity contribution in [3.05, 3.63) is 53.8 Å². The van der Waals surface area contributed by atoms with Crippen LogP contribution in [0.1, 0.15) is 31.9 Å². The van der Waals surface area contributed by atoms with Gasteiger partial charge in [-0.05, 0) is 49.7 Å². The van der Waals surface area contributed by atoms with E-state index in [9.17, 15) is 4.39 Å². The Morgan fingerprint density at radius 3 is 2.62 bits per heavy atom. The molecule has 0 spiro atoms. The van der Waals surface area contributed by atoms with E-state index in [1.54, 1.807) is 6.07 Å². The first kappa shape index (κ1) is 15.5. The molecule has 0 bridgehead atoms. The molecule has 0 fully saturated rings. The predicted octanol–water partition coefficient (Wildman–Crippen LogP) is 4.56. The third-order valence-corrected chi connectivity index (χ3v) is 3.55. The summed E-state index contributed by atoms with van der Waals surface area (Å²) in [7, 11) is 1.90. The van der Waals surface area contributed by atoms with Crippen LogP contribution >= 0.6 is 0 Å². The molecule has 2 aromatic rings. The second-order valence-corrected chi connectivity index (χ2v) is 5.09. The summed E-state index contributed by atoms with van der Waals surface area (Å²) in [5.74, 6) is 0.567. The van der Waals surface area contributed by atoms with Crippen LogP contribution in [0.5, 0.6) is 5.75 Å². The van der Waals surface area contributed by atoms with Gasteiger partial charge in [-0.3, -0.25) is 0 Å². The summed E-state index contributed by atoms with van der Waals surface area (Å²) in [6, 6.07) is 12.9. The zero-order valence-electron chi connectivity index (χ0n) is 12.8. The minimum atomic E-state index is -0.234. The molecule has 0 radical (unpaired) electrons. The van der Waals surface area contributed by atoms with Gasteiger partial charge < -0.3 is 10.1 Å². The van der Waals surface area contributed by atoms with Crippen LogP contribution in [0.15, 0.2) is 42.5 Å². The molecule has 1 atom stereocenters. The van der Waals surface area contributed by atoms with Gasteiger partial charge in [-0.15, -0.1) is 0 Å². The minimum absolute atomic E-state index is 0.139. The molecule has 3 heteroatoms. The summed E-state index contributed by atoms with van der Waals surface area (Å²) in [5, 5.41) is 3.21. The SMILES string of the molecule is CCCOc1ccccc1-c1cc(F)ccc1C(C)NC. The van der Waals surface area contributed by atoms with E-state index >= 15 is 0 Å². The van der Waals surface area contributed by atoms with Gasteiger partial charge in [0.2, 0.25) is 0 Å². The Hall–Kier alpha value is -1.87. The smallest absolute Gasteiger partial charge is 0.127 e. The number of nitrogens with one attached hydrogen (secondary N) is 1. The molecule has 2 rings (SSSR count). The first-order chi connectivity index (χ1) is 10.2. The number of rotatable bonds is 6. The van der Waals surface area contributed by atoms with Gasteiger partial charge in [0.1, 0.15) is 11.6 Å². The third kappa shape index (κ3) is 3.61. The molecule has 1 N–H and O–H groups in total. The minimum Gasteiger partial charge on any atom is -0.493 e. The first-order valence-corrected chi connectivity index (χ1v) is 7.36. The highest BCUT2D eigenvalue weighted by Crippen LogP contribution is 2.35. The molecular formula is C18H22FNO. The second-order valence-electron chi connectivity index (χ2n) is 5.09. The highest BCUT2D eigenvalue weighted by molar-refractivity contribution is 5.74. The summed E-state index contributed by atoms with van der Waals surface area (Å²) in [4.78, 5) is 0. The summed E-state index contributed by atoms with van der Waals surface area (Å²) in [5.41, 5.74) is 2.87. The van der Waals surface area contributed by atoms with E-state index in [1.165, 1.54) is 6.07 Å². The van der Waals surface area contributed by atoms with E-state index in [4.69, 9.17) is 4.74 Å². The zero-order chi connectivity index (χ0) is 15.2. The fraction of sp³-hybridized carbons (Fsp3) is 0.333. The van der Waals surface area contributed by atoms with Gasteiger partial charge in [0.25, 0.3) is 0 Å². The monoisotopic (exact) mass is 287 g/mol. The maximum absolute atomic E-state index is 13.7. The number of halogens is 1. The van der Waals surface area contributed by atoms with E-state index in [0.29, 0.717) is 6.61 Å². The van der Waals surface area contributed by atoms with Crippen molar-refractivity contribution in [1.82, 2.24) is 5.32 Å². The van der Waals surface area contributed by atoms with Gasteiger partial charge in [-0.2, -0.15) is 0 Å². The standard InChI is InChI=1S/C18H22FNO/c1-4-11-21-18-8-6-5-7-16(18)17-12-14(19)9-10-15(17)13(2)20-3/h5-10,12-13,20H,4,11H2,1-3H3. The molecule has 112 valence electrons. The topological polar surface area (TPSA) is 21.3 Å². The normalized spacial score (nSPS) is 12.2. The van der Waals surface area contributed by atoms with Crippen molar-refractivity contribution in [1.29, 1.82) is 0 Å². The predicted molar refractivity (Wildman–Crippen MR) is 85.1 cm³/mol. The summed E-state index contributed by atoms with van der Waals surface area (Å²) < 4.78 is 19.5. The van der Waals surface area contributed by atoms with Crippen molar-refractivity contribution in [3.8, 4) is 16.9 Å². The summed E-state index contributed by atoms with van der Waals surface area (Å²) >= 11 is 0. The lowest BCUT2D eigenvalue weighted by Gasteiger charge is -2.18. The van der Waals surface area contributed by atoms with Gasteiger partial charge in [0, 0.05) is 11.6 Å². The molecule has 21 heavy (non-hydrogen) atoms. The average molecular weight is 287 g/mol. The van der Waals surface area contributed by atoms with Gasteiger partial charge in [0.05, 0.1) is 6.61 Å². The second kappa shape index (κ2) is 7.23. The van der Waals surface area contributed by atoms with Crippen molar-refractivity contribution < 1.29 is 9.13 Å². The largest absolute Gasteiger partial charge is 0.493 e. The van der Waals surface area contributed by atoms with Crippen molar-refractivity contribution in [2.45, 2.75) is 26.3 Å². The van der Waals surface area contributed by atoms with Gasteiger partial charge in [0.15, 0.2) is 0 Å². The molecule has 0 aliphatic rings. The molecule has 0 amide bonds. The van der Waals surface area contributed by atoms with Crippen LogP contribution in [0.4, 0.5) is 4.39 Å². The van der Waals surface area contributed by atoms with Gasteiger partial charge >= 0.3 is 0 Å². The molecule has 0 aliphatic heterocycles. The van der Waals surface area contributed by atoms with Crippen LogP contribution < -0.4 is 10.1 Å². The van der Waals surface area contributed by atoms with Crippen LogP contribution in [0.3, 0.4) is 0 Å². The number of benzene rings is 2. The Kier molecular flexibility index (Phi) is 5.34. The molecule has 0 saturated carbocycles. The Bertz CT molecular complexity index is 598.